The van der Waals surface area contributed by atoms with Crippen LogP contribution in [0.2, 0.25) is 0 Å². The van der Waals surface area contributed by atoms with Gasteiger partial charge in [-0.05, 0) is 0 Å². The summed E-state index contributed by atoms with van der Waals surface area (Å²) in [4.78, 5) is 0. The second kappa shape index (κ2) is 19.3. The Morgan fingerprint density at radius 3 is 1.00 bits per heavy atom. The molecule has 0 unspecified atom stereocenters. The molecule has 0 aromatic carbocycles. The average molecular weight is 200 g/mol. The molecule has 0 atom stereocenters. The van der Waals surface area contributed by atoms with E-state index in [1.807, 2.05) is 0 Å². The Bertz CT molecular complexity index is 8.00. The molecule has 0 bridgehead atoms. The zero-order valence-electron chi connectivity index (χ0n) is 1.64. The minimum atomic E-state index is 0. The van der Waals surface area contributed by atoms with Crippen molar-refractivity contribution < 1.29 is 52.1 Å². The smallest absolute Gasteiger partial charge is 0 e. The zero-order chi connectivity index (χ0) is 0. The fraction of sp³-hybridized carbons (Fsp3) is 0. The molecular formula is AlCuNiV. The summed E-state index contributed by atoms with van der Waals surface area (Å²) in [6, 6.07) is 0. The molecule has 0 aromatic rings. The molecule has 5 radical (unpaired) electrons. The summed E-state index contributed by atoms with van der Waals surface area (Å²) < 4.78 is 0. The summed E-state index contributed by atoms with van der Waals surface area (Å²) in [5, 5.41) is 0. The molecule has 0 nitrogen and oxygen atoms in total. The molecule has 0 fully saturated rings. The number of hydrogen-bond donors (Lipinski definition) is 0. The van der Waals surface area contributed by atoms with Gasteiger partial charge in [0.15, 0.2) is 0 Å². The molecule has 0 aromatic heterocycles. The van der Waals surface area contributed by atoms with Crippen LogP contribution in [0.4, 0.5) is 0 Å². The van der Waals surface area contributed by atoms with Crippen molar-refractivity contribution >= 4 is 17.4 Å². The fourth-order valence-corrected chi connectivity index (χ4v) is 0. The van der Waals surface area contributed by atoms with Crippen molar-refractivity contribution in [1.29, 1.82) is 0 Å². The van der Waals surface area contributed by atoms with E-state index in [1.165, 1.54) is 0 Å². The van der Waals surface area contributed by atoms with Gasteiger partial charge in [-0.1, -0.05) is 0 Å². The maximum Gasteiger partial charge on any atom is 0 e. The summed E-state index contributed by atoms with van der Waals surface area (Å²) in [5.41, 5.74) is 0. The Kier molecular flexibility index (Phi) is 171. The van der Waals surface area contributed by atoms with E-state index in [0.717, 1.165) is 0 Å². The molecule has 0 aliphatic carbocycles. The third-order valence-electron chi connectivity index (χ3n) is 0. The van der Waals surface area contributed by atoms with E-state index < -0.39 is 0 Å². The molecule has 0 heterocycles. The van der Waals surface area contributed by atoms with Crippen molar-refractivity contribution in [3.8, 4) is 0 Å². The van der Waals surface area contributed by atoms with E-state index in [1.54, 1.807) is 0 Å². The predicted molar refractivity (Wildman–Crippen MR) is 5.75 cm³/mol. The molecule has 0 amide bonds. The van der Waals surface area contributed by atoms with Gasteiger partial charge < -0.3 is 0 Å². The van der Waals surface area contributed by atoms with E-state index in [9.17, 15) is 0 Å². The minimum Gasteiger partial charge on any atom is 0 e. The first-order valence-corrected chi connectivity index (χ1v) is 0. The Morgan fingerprint density at radius 2 is 1.00 bits per heavy atom. The van der Waals surface area contributed by atoms with Crippen LogP contribution in [0.1, 0.15) is 0 Å². The molecule has 4 heavy (non-hydrogen) atoms. The Hall–Kier alpha value is 2.13. The molecule has 29 valence electrons. The van der Waals surface area contributed by atoms with Gasteiger partial charge in [0.25, 0.3) is 0 Å². The molecule has 0 N–H and O–H groups in total. The van der Waals surface area contributed by atoms with E-state index in [4.69, 9.17) is 0 Å². The Labute approximate surface area is 68.9 Å². The van der Waals surface area contributed by atoms with Crippen molar-refractivity contribution in [1.82, 2.24) is 0 Å². The fourth-order valence-electron chi connectivity index (χ4n) is 0. The SMILES string of the molecule is [Al].[Cu].[Ni].[V]. The van der Waals surface area contributed by atoms with Crippen LogP contribution in [-0.2, 0) is 52.1 Å². The van der Waals surface area contributed by atoms with E-state index in [2.05, 4.69) is 0 Å². The molecule has 0 aliphatic heterocycles. The van der Waals surface area contributed by atoms with Gasteiger partial charge in [0.05, 0.1) is 0 Å². The largest absolute Gasteiger partial charge is 0 e. The summed E-state index contributed by atoms with van der Waals surface area (Å²) in [5.74, 6) is 0. The van der Waals surface area contributed by atoms with Gasteiger partial charge in [0.1, 0.15) is 0 Å². The van der Waals surface area contributed by atoms with Crippen LogP contribution in [0.15, 0.2) is 0 Å². The maximum absolute atomic E-state index is 0. The monoisotopic (exact) mass is 199 g/mol. The van der Waals surface area contributed by atoms with Crippen LogP contribution in [-0.4, -0.2) is 17.4 Å². The van der Waals surface area contributed by atoms with Gasteiger partial charge in [-0.3, -0.25) is 0 Å². The minimum absolute atomic E-state index is 0. The van der Waals surface area contributed by atoms with Gasteiger partial charge in [-0.2, -0.15) is 0 Å². The normalized spacial score (nSPS) is 0. The molecule has 0 spiro atoms. The average Bonchev–Trinajstić information content (AvgIpc) is 0. The van der Waals surface area contributed by atoms with Gasteiger partial charge in [0.2, 0.25) is 0 Å². The van der Waals surface area contributed by atoms with Crippen molar-refractivity contribution in [2.75, 3.05) is 0 Å². The molecule has 4 heteroatoms. The zero-order valence-corrected chi connectivity index (χ0v) is 6.12. The second-order valence-electron chi connectivity index (χ2n) is 0. The van der Waals surface area contributed by atoms with Crippen LogP contribution in [0.25, 0.3) is 0 Å². The first-order valence-electron chi connectivity index (χ1n) is 0. The van der Waals surface area contributed by atoms with Crippen LogP contribution < -0.4 is 0 Å². The summed E-state index contributed by atoms with van der Waals surface area (Å²) in [6.45, 7) is 0. The van der Waals surface area contributed by atoms with Crippen LogP contribution in [0.3, 0.4) is 0 Å². The van der Waals surface area contributed by atoms with Crippen molar-refractivity contribution in [3.63, 3.8) is 0 Å². The van der Waals surface area contributed by atoms with Crippen molar-refractivity contribution in [2.24, 2.45) is 0 Å². The van der Waals surface area contributed by atoms with Gasteiger partial charge in [-0.25, -0.2) is 0 Å². The van der Waals surface area contributed by atoms with Gasteiger partial charge >= 0.3 is 0 Å². The quantitative estimate of drug-likeness (QED) is 0.467. The van der Waals surface area contributed by atoms with E-state index >= 15 is 0 Å². The van der Waals surface area contributed by atoms with Gasteiger partial charge in [0, 0.05) is 69.5 Å². The second-order valence-corrected chi connectivity index (χ2v) is 0. The number of rotatable bonds is 0. The third-order valence-corrected chi connectivity index (χ3v) is 0. The van der Waals surface area contributed by atoms with Crippen molar-refractivity contribution in [2.45, 2.75) is 0 Å². The summed E-state index contributed by atoms with van der Waals surface area (Å²) in [6.07, 6.45) is 0. The molecular weight excluding hydrogens is 200 g/mol. The summed E-state index contributed by atoms with van der Waals surface area (Å²) >= 11 is 0. The van der Waals surface area contributed by atoms with Crippen LogP contribution >= 0.6 is 0 Å². The van der Waals surface area contributed by atoms with Crippen molar-refractivity contribution in [3.05, 3.63) is 0 Å². The maximum atomic E-state index is 0. The summed E-state index contributed by atoms with van der Waals surface area (Å²) in [7, 11) is 0. The van der Waals surface area contributed by atoms with Gasteiger partial charge in [-0.15, -0.1) is 0 Å². The van der Waals surface area contributed by atoms with E-state index in [-0.39, 0.29) is 69.5 Å². The molecule has 0 rings (SSSR count). The first kappa shape index (κ1) is 35.6. The third kappa shape index (κ3) is 8.92. The Morgan fingerprint density at radius 1 is 1.00 bits per heavy atom. The topological polar surface area (TPSA) is 0 Å². The Balaban J connectivity index is 0. The molecule has 0 saturated heterocycles. The predicted octanol–water partition coefficient (Wildman–Crippen LogP) is -0.388. The van der Waals surface area contributed by atoms with Crippen LogP contribution in [0, 0.1) is 0 Å². The standard InChI is InChI=1S/Al.Cu.Ni.V. The molecule has 0 aliphatic rings. The first-order chi connectivity index (χ1) is 0. The number of hydrogen-bond acceptors (Lipinski definition) is 0. The van der Waals surface area contributed by atoms with Crippen LogP contribution in [0.5, 0.6) is 0 Å². The van der Waals surface area contributed by atoms with E-state index in [0.29, 0.717) is 0 Å². The molecule has 0 saturated carbocycles.